The Bertz CT molecular complexity index is 1050. The summed E-state index contributed by atoms with van der Waals surface area (Å²) in [7, 11) is 0. The van der Waals surface area contributed by atoms with Crippen molar-refractivity contribution in [1.82, 2.24) is 9.55 Å². The Morgan fingerprint density at radius 1 is 0.786 bits per heavy atom. The monoisotopic (exact) mass is 368 g/mol. The van der Waals surface area contributed by atoms with Crippen LogP contribution >= 0.6 is 0 Å². The Morgan fingerprint density at radius 2 is 1.46 bits per heavy atom. The molecule has 3 aromatic carbocycles. The second kappa shape index (κ2) is 7.63. The first-order valence-corrected chi connectivity index (χ1v) is 10.1. The maximum atomic E-state index is 4.96. The number of nitrogens with zero attached hydrogens (tertiary/aromatic N) is 2. The van der Waals surface area contributed by atoms with E-state index < -0.39 is 0 Å². The minimum absolute atomic E-state index is 0.161. The number of aromatic nitrogens is 2. The summed E-state index contributed by atoms with van der Waals surface area (Å²) in [6.07, 6.45) is 2.17. The lowest BCUT2D eigenvalue weighted by Gasteiger charge is -2.19. The van der Waals surface area contributed by atoms with Crippen LogP contribution in [0, 0.1) is 0 Å². The molecule has 0 aliphatic carbocycles. The van der Waals surface area contributed by atoms with Crippen LogP contribution in [0.4, 0.5) is 0 Å². The number of hydrogen-bond donors (Lipinski definition) is 0. The van der Waals surface area contributed by atoms with E-state index in [1.165, 1.54) is 22.2 Å². The average molecular weight is 369 g/mol. The molecule has 0 fully saturated rings. The maximum Gasteiger partial charge on any atom is 0.141 e. The van der Waals surface area contributed by atoms with Gasteiger partial charge in [-0.3, -0.25) is 0 Å². The second-order valence-corrected chi connectivity index (χ2v) is 8.49. The molecule has 1 aromatic heterocycles. The number of hydrogen-bond acceptors (Lipinski definition) is 1. The third-order valence-electron chi connectivity index (χ3n) is 5.35. The van der Waals surface area contributed by atoms with Crippen molar-refractivity contribution >= 4 is 11.0 Å². The third kappa shape index (κ3) is 3.87. The summed E-state index contributed by atoms with van der Waals surface area (Å²) >= 11 is 0. The summed E-state index contributed by atoms with van der Waals surface area (Å²) in [6.45, 7) is 7.72. The van der Waals surface area contributed by atoms with Crippen LogP contribution in [0.25, 0.3) is 22.4 Å². The highest BCUT2D eigenvalue weighted by Crippen LogP contribution is 2.28. The highest BCUT2D eigenvalue weighted by atomic mass is 15.1. The zero-order valence-corrected chi connectivity index (χ0v) is 17.0. The van der Waals surface area contributed by atoms with E-state index in [1.54, 1.807) is 0 Å². The van der Waals surface area contributed by atoms with Crippen LogP contribution < -0.4 is 0 Å². The van der Waals surface area contributed by atoms with Crippen LogP contribution in [-0.2, 0) is 18.4 Å². The quantitative estimate of drug-likeness (QED) is 0.386. The molecule has 0 saturated carbocycles. The molecule has 4 aromatic rings. The summed E-state index contributed by atoms with van der Waals surface area (Å²) in [4.78, 5) is 4.96. The number of benzene rings is 3. The van der Waals surface area contributed by atoms with Gasteiger partial charge in [-0.15, -0.1) is 0 Å². The van der Waals surface area contributed by atoms with Gasteiger partial charge < -0.3 is 4.57 Å². The van der Waals surface area contributed by atoms with Gasteiger partial charge in [0.25, 0.3) is 0 Å². The van der Waals surface area contributed by atoms with Gasteiger partial charge in [0.1, 0.15) is 5.82 Å². The molecule has 0 atom stereocenters. The number of fused-ring (bicyclic) bond motifs is 1. The second-order valence-electron chi connectivity index (χ2n) is 8.49. The van der Waals surface area contributed by atoms with Gasteiger partial charge in [0.15, 0.2) is 0 Å². The topological polar surface area (TPSA) is 17.8 Å². The van der Waals surface area contributed by atoms with E-state index in [4.69, 9.17) is 4.98 Å². The van der Waals surface area contributed by atoms with E-state index >= 15 is 0 Å². The molecule has 2 heteroatoms. The van der Waals surface area contributed by atoms with Gasteiger partial charge in [-0.05, 0) is 41.5 Å². The molecule has 0 unspecified atom stereocenters. The highest BCUT2D eigenvalue weighted by molar-refractivity contribution is 5.80. The van der Waals surface area contributed by atoms with E-state index in [2.05, 4.69) is 104 Å². The number of rotatable bonds is 5. The minimum Gasteiger partial charge on any atom is -0.324 e. The van der Waals surface area contributed by atoms with Crippen molar-refractivity contribution in [3.63, 3.8) is 0 Å². The first kappa shape index (κ1) is 18.5. The van der Waals surface area contributed by atoms with Gasteiger partial charge in [0.2, 0.25) is 0 Å². The molecule has 28 heavy (non-hydrogen) atoms. The fraction of sp³-hybridized carbons (Fsp3) is 0.269. The normalized spacial score (nSPS) is 11.8. The largest absolute Gasteiger partial charge is 0.324 e. The SMILES string of the molecule is CC(C)(C)c1ccc(-c2nc3ccccc3n2CCCc2ccccc2)cc1. The van der Waals surface area contributed by atoms with Crippen molar-refractivity contribution in [2.24, 2.45) is 0 Å². The first-order valence-electron chi connectivity index (χ1n) is 10.1. The summed E-state index contributed by atoms with van der Waals surface area (Å²) in [6, 6.07) is 28.1. The Morgan fingerprint density at radius 3 is 2.18 bits per heavy atom. The smallest absolute Gasteiger partial charge is 0.141 e. The number of aryl methyl sites for hydroxylation is 2. The van der Waals surface area contributed by atoms with Crippen molar-refractivity contribution in [3.8, 4) is 11.4 Å². The van der Waals surface area contributed by atoms with Crippen LogP contribution in [0.1, 0.15) is 38.3 Å². The van der Waals surface area contributed by atoms with Gasteiger partial charge in [-0.2, -0.15) is 0 Å². The van der Waals surface area contributed by atoms with Crippen molar-refractivity contribution < 1.29 is 0 Å². The Kier molecular flexibility index (Phi) is 5.04. The van der Waals surface area contributed by atoms with Crippen molar-refractivity contribution in [2.75, 3.05) is 0 Å². The molecule has 142 valence electrons. The third-order valence-corrected chi connectivity index (χ3v) is 5.35. The zero-order chi connectivity index (χ0) is 19.6. The molecule has 2 nitrogen and oxygen atoms in total. The molecule has 0 N–H and O–H groups in total. The van der Waals surface area contributed by atoms with Crippen LogP contribution in [0.5, 0.6) is 0 Å². The minimum atomic E-state index is 0.161. The Labute approximate surface area is 167 Å². The molecule has 0 amide bonds. The van der Waals surface area contributed by atoms with Crippen molar-refractivity contribution in [2.45, 2.75) is 45.6 Å². The van der Waals surface area contributed by atoms with Gasteiger partial charge >= 0.3 is 0 Å². The molecule has 0 radical (unpaired) electrons. The van der Waals surface area contributed by atoms with E-state index in [0.717, 1.165) is 30.7 Å². The molecule has 0 aliphatic heterocycles. The molecule has 0 spiro atoms. The van der Waals surface area contributed by atoms with E-state index in [-0.39, 0.29) is 5.41 Å². The maximum absolute atomic E-state index is 4.96. The zero-order valence-electron chi connectivity index (χ0n) is 17.0. The fourth-order valence-corrected chi connectivity index (χ4v) is 3.73. The van der Waals surface area contributed by atoms with Crippen molar-refractivity contribution in [3.05, 3.63) is 90.0 Å². The fourth-order valence-electron chi connectivity index (χ4n) is 3.73. The predicted molar refractivity (Wildman–Crippen MR) is 119 cm³/mol. The van der Waals surface area contributed by atoms with Crippen LogP contribution in [-0.4, -0.2) is 9.55 Å². The lowest BCUT2D eigenvalue weighted by molar-refractivity contribution is 0.590. The van der Waals surface area contributed by atoms with Gasteiger partial charge in [-0.25, -0.2) is 4.98 Å². The van der Waals surface area contributed by atoms with Crippen molar-refractivity contribution in [1.29, 1.82) is 0 Å². The van der Waals surface area contributed by atoms with Gasteiger partial charge in [0, 0.05) is 12.1 Å². The lowest BCUT2D eigenvalue weighted by Crippen LogP contribution is -2.10. The van der Waals surface area contributed by atoms with Crippen LogP contribution in [0.2, 0.25) is 0 Å². The van der Waals surface area contributed by atoms with Crippen LogP contribution in [0.15, 0.2) is 78.9 Å². The van der Waals surface area contributed by atoms with Crippen LogP contribution in [0.3, 0.4) is 0 Å². The summed E-state index contributed by atoms with van der Waals surface area (Å²) in [5.74, 6) is 1.06. The molecular formula is C26H28N2. The number of imidazole rings is 1. The molecule has 0 aliphatic rings. The summed E-state index contributed by atoms with van der Waals surface area (Å²) in [5, 5.41) is 0. The molecule has 4 rings (SSSR count). The van der Waals surface area contributed by atoms with E-state index in [1.807, 2.05) is 0 Å². The first-order chi connectivity index (χ1) is 13.5. The molecule has 1 heterocycles. The van der Waals surface area contributed by atoms with E-state index in [0.29, 0.717) is 0 Å². The standard InChI is InChI=1S/C26H28N2/c1-26(2,3)22-17-15-21(16-18-22)25-27-23-13-7-8-14-24(23)28(25)19-9-12-20-10-5-4-6-11-20/h4-8,10-11,13-18H,9,12,19H2,1-3H3. The number of para-hydroxylation sites is 2. The molecule has 0 saturated heterocycles. The Hall–Kier alpha value is -2.87. The van der Waals surface area contributed by atoms with E-state index in [9.17, 15) is 0 Å². The summed E-state index contributed by atoms with van der Waals surface area (Å²) in [5.41, 5.74) is 6.37. The van der Waals surface area contributed by atoms with Gasteiger partial charge in [-0.1, -0.05) is 87.5 Å². The predicted octanol–water partition coefficient (Wildman–Crippen LogP) is 6.63. The summed E-state index contributed by atoms with van der Waals surface area (Å²) < 4.78 is 2.38. The Balaban J connectivity index is 1.65. The van der Waals surface area contributed by atoms with Gasteiger partial charge in [0.05, 0.1) is 11.0 Å². The average Bonchev–Trinajstić information content (AvgIpc) is 3.07. The molecule has 0 bridgehead atoms. The highest BCUT2D eigenvalue weighted by Gasteiger charge is 2.16. The molecular weight excluding hydrogens is 340 g/mol. The lowest BCUT2D eigenvalue weighted by atomic mass is 9.87.